The highest BCUT2D eigenvalue weighted by molar-refractivity contribution is 7.08. The molecule has 0 saturated carbocycles. The maximum Gasteiger partial charge on any atom is 0.267 e. The number of hydrogen-bond donors (Lipinski definition) is 1. The lowest BCUT2D eigenvalue weighted by Gasteiger charge is -2.31. The fourth-order valence-electron chi connectivity index (χ4n) is 1.98. The van der Waals surface area contributed by atoms with Crippen LogP contribution in [0.15, 0.2) is 0 Å². The predicted molar refractivity (Wildman–Crippen MR) is 67.4 cm³/mol. The Morgan fingerprint density at radius 2 is 2.35 bits per heavy atom. The zero-order valence-corrected chi connectivity index (χ0v) is 11.3. The topological polar surface area (TPSA) is 58.1 Å². The van der Waals surface area contributed by atoms with Crippen LogP contribution in [-0.2, 0) is 0 Å². The van der Waals surface area contributed by atoms with Crippen LogP contribution in [0, 0.1) is 0 Å². The molecule has 1 aromatic rings. The number of hydrogen-bond acceptors (Lipinski definition) is 5. The summed E-state index contributed by atoms with van der Waals surface area (Å²) in [6, 6.07) is 0.357. The Morgan fingerprint density at radius 3 is 3.00 bits per heavy atom. The summed E-state index contributed by atoms with van der Waals surface area (Å²) >= 11 is 1.21. The SMILES string of the molecule is CC(C)c1nnsc1C(=O)N1CCN[C@H](C)C1. The minimum atomic E-state index is 0.0806. The summed E-state index contributed by atoms with van der Waals surface area (Å²) in [5.74, 6) is 0.324. The quantitative estimate of drug-likeness (QED) is 0.858. The van der Waals surface area contributed by atoms with Crippen LogP contribution in [-0.4, -0.2) is 46.1 Å². The van der Waals surface area contributed by atoms with E-state index in [2.05, 4.69) is 21.8 Å². The molecule has 1 amide bonds. The van der Waals surface area contributed by atoms with Gasteiger partial charge in [-0.25, -0.2) is 0 Å². The van der Waals surface area contributed by atoms with Gasteiger partial charge >= 0.3 is 0 Å². The number of aromatic nitrogens is 2. The Kier molecular flexibility index (Phi) is 3.73. The Morgan fingerprint density at radius 1 is 1.59 bits per heavy atom. The average Bonchev–Trinajstić information content (AvgIpc) is 2.77. The maximum absolute atomic E-state index is 12.4. The van der Waals surface area contributed by atoms with Gasteiger partial charge in [-0.15, -0.1) is 5.10 Å². The first-order valence-corrected chi connectivity index (χ1v) is 6.72. The third-order valence-electron chi connectivity index (χ3n) is 2.91. The van der Waals surface area contributed by atoms with E-state index in [1.807, 2.05) is 18.7 Å². The van der Waals surface area contributed by atoms with E-state index in [1.165, 1.54) is 11.5 Å². The highest BCUT2D eigenvalue weighted by Crippen LogP contribution is 2.21. The van der Waals surface area contributed by atoms with Crippen molar-refractivity contribution in [2.75, 3.05) is 19.6 Å². The third-order valence-corrected chi connectivity index (χ3v) is 3.64. The monoisotopic (exact) mass is 254 g/mol. The van der Waals surface area contributed by atoms with Crippen LogP contribution in [0.1, 0.15) is 42.1 Å². The van der Waals surface area contributed by atoms with Gasteiger partial charge in [0.05, 0.1) is 5.69 Å². The minimum Gasteiger partial charge on any atom is -0.335 e. The van der Waals surface area contributed by atoms with Crippen LogP contribution in [0.5, 0.6) is 0 Å². The molecular weight excluding hydrogens is 236 g/mol. The molecule has 1 N–H and O–H groups in total. The van der Waals surface area contributed by atoms with Gasteiger partial charge in [-0.1, -0.05) is 18.3 Å². The van der Waals surface area contributed by atoms with Crippen LogP contribution in [0.25, 0.3) is 0 Å². The lowest BCUT2D eigenvalue weighted by molar-refractivity contribution is 0.0712. The van der Waals surface area contributed by atoms with Crippen LogP contribution >= 0.6 is 11.5 Å². The highest BCUT2D eigenvalue weighted by atomic mass is 32.1. The summed E-state index contributed by atoms with van der Waals surface area (Å²) in [5.41, 5.74) is 0.825. The Balaban J connectivity index is 2.16. The number of carbonyl (C=O) groups excluding carboxylic acids is 1. The van der Waals surface area contributed by atoms with Crippen molar-refractivity contribution in [1.82, 2.24) is 19.8 Å². The molecule has 0 aliphatic carbocycles. The first-order valence-electron chi connectivity index (χ1n) is 5.94. The van der Waals surface area contributed by atoms with E-state index in [1.54, 1.807) is 0 Å². The highest BCUT2D eigenvalue weighted by Gasteiger charge is 2.26. The number of rotatable bonds is 2. The molecule has 5 nitrogen and oxygen atoms in total. The summed E-state index contributed by atoms with van der Waals surface area (Å²) in [6.45, 7) is 8.54. The largest absolute Gasteiger partial charge is 0.335 e. The van der Waals surface area contributed by atoms with Crippen LogP contribution in [0.4, 0.5) is 0 Å². The van der Waals surface area contributed by atoms with Crippen molar-refractivity contribution in [1.29, 1.82) is 0 Å². The van der Waals surface area contributed by atoms with Gasteiger partial charge < -0.3 is 10.2 Å². The van der Waals surface area contributed by atoms with E-state index in [0.717, 1.165) is 25.3 Å². The number of piperazine rings is 1. The van der Waals surface area contributed by atoms with E-state index in [9.17, 15) is 4.79 Å². The predicted octanol–water partition coefficient (Wildman–Crippen LogP) is 1.10. The molecule has 0 unspecified atom stereocenters. The Hall–Kier alpha value is -1.01. The normalized spacial score (nSPS) is 20.9. The maximum atomic E-state index is 12.4. The van der Waals surface area contributed by atoms with Gasteiger partial charge in [-0.3, -0.25) is 4.79 Å². The molecule has 1 atom stereocenters. The average molecular weight is 254 g/mol. The summed E-state index contributed by atoms with van der Waals surface area (Å²) in [5, 5.41) is 7.38. The summed E-state index contributed by atoms with van der Waals surface area (Å²) in [6.07, 6.45) is 0. The molecule has 0 bridgehead atoms. The van der Waals surface area contributed by atoms with Crippen molar-refractivity contribution < 1.29 is 4.79 Å². The lowest BCUT2D eigenvalue weighted by atomic mass is 10.1. The van der Waals surface area contributed by atoms with Crippen LogP contribution < -0.4 is 5.32 Å². The van der Waals surface area contributed by atoms with Gasteiger partial charge in [-0.05, 0) is 24.4 Å². The summed E-state index contributed by atoms with van der Waals surface area (Å²) in [7, 11) is 0. The van der Waals surface area contributed by atoms with Gasteiger partial charge in [0.25, 0.3) is 5.91 Å². The second-order valence-corrected chi connectivity index (χ2v) is 5.50. The molecule has 2 rings (SSSR count). The molecule has 1 aromatic heterocycles. The molecule has 0 spiro atoms. The molecule has 0 radical (unpaired) electrons. The molecule has 2 heterocycles. The number of amides is 1. The molecule has 0 aromatic carbocycles. The molecular formula is C11H18N4OS. The van der Waals surface area contributed by atoms with E-state index in [-0.39, 0.29) is 11.8 Å². The number of nitrogens with one attached hydrogen (secondary N) is 1. The van der Waals surface area contributed by atoms with Crippen molar-refractivity contribution in [2.24, 2.45) is 0 Å². The van der Waals surface area contributed by atoms with Gasteiger partial charge in [-0.2, -0.15) is 0 Å². The van der Waals surface area contributed by atoms with E-state index in [0.29, 0.717) is 10.9 Å². The summed E-state index contributed by atoms with van der Waals surface area (Å²) in [4.78, 5) is 15.0. The lowest BCUT2D eigenvalue weighted by Crippen LogP contribution is -2.51. The van der Waals surface area contributed by atoms with Gasteiger partial charge in [0.1, 0.15) is 4.88 Å². The molecule has 1 aliphatic rings. The molecule has 17 heavy (non-hydrogen) atoms. The van der Waals surface area contributed by atoms with Gasteiger partial charge in [0.15, 0.2) is 0 Å². The summed E-state index contributed by atoms with van der Waals surface area (Å²) < 4.78 is 3.91. The molecule has 1 fully saturated rings. The first kappa shape index (κ1) is 12.4. The Bertz CT molecular complexity index is 404. The van der Waals surface area contributed by atoms with Crippen LogP contribution in [0.2, 0.25) is 0 Å². The van der Waals surface area contributed by atoms with Crippen molar-refractivity contribution in [3.8, 4) is 0 Å². The fourth-order valence-corrected chi connectivity index (χ4v) is 2.77. The zero-order valence-electron chi connectivity index (χ0n) is 10.4. The molecule has 94 valence electrons. The zero-order chi connectivity index (χ0) is 12.4. The van der Waals surface area contributed by atoms with E-state index < -0.39 is 0 Å². The molecule has 1 aliphatic heterocycles. The van der Waals surface area contributed by atoms with Gasteiger partial charge in [0.2, 0.25) is 0 Å². The van der Waals surface area contributed by atoms with Crippen molar-refractivity contribution >= 4 is 17.4 Å². The third kappa shape index (κ3) is 2.63. The molecule has 1 saturated heterocycles. The van der Waals surface area contributed by atoms with Crippen molar-refractivity contribution in [3.63, 3.8) is 0 Å². The number of carbonyl (C=O) groups is 1. The van der Waals surface area contributed by atoms with Gasteiger partial charge in [0, 0.05) is 25.7 Å². The Labute approximate surface area is 105 Å². The molecule has 6 heteroatoms. The fraction of sp³-hybridized carbons (Fsp3) is 0.727. The van der Waals surface area contributed by atoms with Crippen LogP contribution in [0.3, 0.4) is 0 Å². The minimum absolute atomic E-state index is 0.0806. The number of nitrogens with zero attached hydrogens (tertiary/aromatic N) is 3. The van der Waals surface area contributed by atoms with E-state index in [4.69, 9.17) is 0 Å². The van der Waals surface area contributed by atoms with Crippen molar-refractivity contribution in [3.05, 3.63) is 10.6 Å². The second kappa shape index (κ2) is 5.10. The first-order chi connectivity index (χ1) is 8.09. The standard InChI is InChI=1S/C11H18N4OS/c1-7(2)9-10(17-14-13-9)11(16)15-5-4-12-8(3)6-15/h7-8,12H,4-6H2,1-3H3/t8-/m1/s1. The van der Waals surface area contributed by atoms with E-state index >= 15 is 0 Å². The smallest absolute Gasteiger partial charge is 0.267 e. The second-order valence-electron chi connectivity index (χ2n) is 4.75. The van der Waals surface area contributed by atoms with Crippen molar-refractivity contribution in [2.45, 2.75) is 32.7 Å².